The molecule has 0 saturated carbocycles. The standard InChI is InChI=1S/C20H17FN4OS/c1-3-25-11-16(15-8-5-9-22-18(15)25)20-23-12(2)17(27-20)19(26)24-14-7-4-6-13(21)10-14/h4-11H,3H2,1-2H3,(H,24,26). The van der Waals surface area contributed by atoms with Crippen molar-refractivity contribution >= 4 is 34.0 Å². The summed E-state index contributed by atoms with van der Waals surface area (Å²) in [5.74, 6) is -0.686. The van der Waals surface area contributed by atoms with Gasteiger partial charge in [0.1, 0.15) is 21.3 Å². The minimum Gasteiger partial charge on any atom is -0.332 e. The Balaban J connectivity index is 1.71. The highest BCUT2D eigenvalue weighted by Crippen LogP contribution is 2.34. The van der Waals surface area contributed by atoms with E-state index in [1.54, 1.807) is 25.3 Å². The van der Waals surface area contributed by atoms with E-state index in [4.69, 9.17) is 0 Å². The van der Waals surface area contributed by atoms with Gasteiger partial charge in [-0.15, -0.1) is 11.3 Å². The molecule has 5 nitrogen and oxygen atoms in total. The lowest BCUT2D eigenvalue weighted by molar-refractivity contribution is 0.103. The van der Waals surface area contributed by atoms with Gasteiger partial charge in [-0.3, -0.25) is 4.79 Å². The van der Waals surface area contributed by atoms with Gasteiger partial charge in [-0.1, -0.05) is 6.07 Å². The summed E-state index contributed by atoms with van der Waals surface area (Å²) in [4.78, 5) is 22.2. The highest BCUT2D eigenvalue weighted by molar-refractivity contribution is 7.17. The summed E-state index contributed by atoms with van der Waals surface area (Å²) in [7, 11) is 0. The van der Waals surface area contributed by atoms with Crippen LogP contribution in [0.15, 0.2) is 48.8 Å². The van der Waals surface area contributed by atoms with Crippen LogP contribution in [0, 0.1) is 12.7 Å². The summed E-state index contributed by atoms with van der Waals surface area (Å²) in [6.07, 6.45) is 3.79. The zero-order valence-corrected chi connectivity index (χ0v) is 15.7. The van der Waals surface area contributed by atoms with Gasteiger partial charge in [-0.2, -0.15) is 0 Å². The number of anilines is 1. The molecule has 3 heterocycles. The first kappa shape index (κ1) is 17.4. The van der Waals surface area contributed by atoms with Gasteiger partial charge < -0.3 is 9.88 Å². The number of aryl methyl sites for hydroxylation is 2. The second-order valence-corrected chi connectivity index (χ2v) is 7.10. The predicted molar refractivity (Wildman–Crippen MR) is 106 cm³/mol. The van der Waals surface area contributed by atoms with E-state index in [2.05, 4.69) is 26.8 Å². The minimum absolute atomic E-state index is 0.292. The molecule has 0 spiro atoms. The molecule has 0 atom stereocenters. The van der Waals surface area contributed by atoms with Gasteiger partial charge in [0.25, 0.3) is 5.91 Å². The van der Waals surface area contributed by atoms with Crippen molar-refractivity contribution in [1.29, 1.82) is 0 Å². The Kier molecular flexibility index (Phi) is 4.45. The SMILES string of the molecule is CCn1cc(-c2nc(C)c(C(=O)Nc3cccc(F)c3)s2)c2cccnc21. The minimum atomic E-state index is -0.394. The van der Waals surface area contributed by atoms with Crippen LogP contribution in [0.5, 0.6) is 0 Å². The van der Waals surface area contributed by atoms with Crippen LogP contribution >= 0.6 is 11.3 Å². The molecule has 0 saturated heterocycles. The van der Waals surface area contributed by atoms with Crippen LogP contribution in [-0.4, -0.2) is 20.4 Å². The monoisotopic (exact) mass is 380 g/mol. The molecule has 3 aromatic heterocycles. The summed E-state index contributed by atoms with van der Waals surface area (Å²) < 4.78 is 15.4. The van der Waals surface area contributed by atoms with Crippen LogP contribution in [-0.2, 0) is 6.54 Å². The molecule has 0 fully saturated rings. The van der Waals surface area contributed by atoms with Gasteiger partial charge in [-0.25, -0.2) is 14.4 Å². The Morgan fingerprint density at radius 1 is 1.30 bits per heavy atom. The maximum atomic E-state index is 13.3. The van der Waals surface area contributed by atoms with E-state index < -0.39 is 5.82 Å². The summed E-state index contributed by atoms with van der Waals surface area (Å²) in [5.41, 5.74) is 2.91. The van der Waals surface area contributed by atoms with E-state index in [1.165, 1.54) is 23.5 Å². The lowest BCUT2D eigenvalue weighted by Crippen LogP contribution is -2.11. The Morgan fingerprint density at radius 2 is 2.15 bits per heavy atom. The van der Waals surface area contributed by atoms with Crippen molar-refractivity contribution in [2.45, 2.75) is 20.4 Å². The number of benzene rings is 1. The second-order valence-electron chi connectivity index (χ2n) is 6.10. The fourth-order valence-corrected chi connectivity index (χ4v) is 4.00. The number of thiazole rings is 1. The Morgan fingerprint density at radius 3 is 2.93 bits per heavy atom. The molecule has 0 radical (unpaired) electrons. The molecule has 4 rings (SSSR count). The van der Waals surface area contributed by atoms with Gasteiger partial charge in [-0.05, 0) is 44.2 Å². The molecular weight excluding hydrogens is 363 g/mol. The van der Waals surface area contributed by atoms with Gasteiger partial charge in [0, 0.05) is 35.6 Å². The molecular formula is C20H17FN4OS. The van der Waals surface area contributed by atoms with Crippen LogP contribution in [0.25, 0.3) is 21.6 Å². The van der Waals surface area contributed by atoms with E-state index in [9.17, 15) is 9.18 Å². The average molecular weight is 380 g/mol. The number of hydrogen-bond acceptors (Lipinski definition) is 4. The molecule has 0 aliphatic heterocycles. The van der Waals surface area contributed by atoms with E-state index in [0.717, 1.165) is 28.1 Å². The van der Waals surface area contributed by atoms with Gasteiger partial charge in [0.2, 0.25) is 0 Å². The maximum absolute atomic E-state index is 13.3. The molecule has 27 heavy (non-hydrogen) atoms. The first-order chi connectivity index (χ1) is 13.1. The lowest BCUT2D eigenvalue weighted by atomic mass is 10.2. The third kappa shape index (κ3) is 3.21. The van der Waals surface area contributed by atoms with Crippen molar-refractivity contribution in [2.24, 2.45) is 0 Å². The number of carbonyl (C=O) groups excluding carboxylic acids is 1. The Labute approximate surface area is 159 Å². The number of fused-ring (bicyclic) bond motifs is 1. The molecule has 0 aliphatic rings. The fourth-order valence-electron chi connectivity index (χ4n) is 3.01. The number of nitrogens with zero attached hydrogens (tertiary/aromatic N) is 3. The van der Waals surface area contributed by atoms with Crippen molar-refractivity contribution in [3.8, 4) is 10.6 Å². The zero-order chi connectivity index (χ0) is 19.0. The number of aromatic nitrogens is 3. The first-order valence-corrected chi connectivity index (χ1v) is 9.37. The van der Waals surface area contributed by atoms with Crippen molar-refractivity contribution < 1.29 is 9.18 Å². The number of nitrogens with one attached hydrogen (secondary N) is 1. The van der Waals surface area contributed by atoms with E-state index in [0.29, 0.717) is 16.3 Å². The number of hydrogen-bond donors (Lipinski definition) is 1. The summed E-state index contributed by atoms with van der Waals surface area (Å²) in [5, 5.41) is 4.50. The topological polar surface area (TPSA) is 59.8 Å². The van der Waals surface area contributed by atoms with Gasteiger partial charge in [0.05, 0.1) is 5.69 Å². The lowest BCUT2D eigenvalue weighted by Gasteiger charge is -2.03. The third-order valence-electron chi connectivity index (χ3n) is 4.29. The maximum Gasteiger partial charge on any atom is 0.267 e. The van der Waals surface area contributed by atoms with Crippen molar-refractivity contribution in [3.63, 3.8) is 0 Å². The van der Waals surface area contributed by atoms with E-state index >= 15 is 0 Å². The average Bonchev–Trinajstić information content (AvgIpc) is 3.22. The molecule has 0 aliphatic carbocycles. The quantitative estimate of drug-likeness (QED) is 0.549. The van der Waals surface area contributed by atoms with Crippen LogP contribution < -0.4 is 5.32 Å². The predicted octanol–water partition coefficient (Wildman–Crippen LogP) is 4.88. The van der Waals surface area contributed by atoms with Crippen LogP contribution in [0.1, 0.15) is 22.3 Å². The Bertz CT molecular complexity index is 1150. The molecule has 1 N–H and O–H groups in total. The number of carbonyl (C=O) groups is 1. The molecule has 0 bridgehead atoms. The smallest absolute Gasteiger partial charge is 0.267 e. The van der Waals surface area contributed by atoms with E-state index in [1.807, 2.05) is 18.3 Å². The summed E-state index contributed by atoms with van der Waals surface area (Å²) in [6.45, 7) is 4.66. The summed E-state index contributed by atoms with van der Waals surface area (Å²) >= 11 is 1.32. The van der Waals surface area contributed by atoms with E-state index in [-0.39, 0.29) is 5.91 Å². The number of amides is 1. The van der Waals surface area contributed by atoms with Crippen LogP contribution in [0.3, 0.4) is 0 Å². The van der Waals surface area contributed by atoms with Crippen molar-refractivity contribution in [3.05, 3.63) is 65.2 Å². The number of halogens is 1. The molecule has 1 amide bonds. The van der Waals surface area contributed by atoms with Gasteiger partial charge in [0.15, 0.2) is 0 Å². The summed E-state index contributed by atoms with van der Waals surface area (Å²) in [6, 6.07) is 9.73. The van der Waals surface area contributed by atoms with Crippen LogP contribution in [0.4, 0.5) is 10.1 Å². The normalized spacial score (nSPS) is 11.1. The Hall–Kier alpha value is -3.06. The highest BCUT2D eigenvalue weighted by Gasteiger charge is 2.19. The molecule has 1 aromatic carbocycles. The number of pyridine rings is 1. The fraction of sp³-hybridized carbons (Fsp3) is 0.150. The molecule has 136 valence electrons. The van der Waals surface area contributed by atoms with Crippen molar-refractivity contribution in [1.82, 2.24) is 14.5 Å². The van der Waals surface area contributed by atoms with Crippen LogP contribution in [0.2, 0.25) is 0 Å². The molecule has 4 aromatic rings. The third-order valence-corrected chi connectivity index (χ3v) is 5.48. The molecule has 7 heteroatoms. The largest absolute Gasteiger partial charge is 0.332 e. The van der Waals surface area contributed by atoms with Crippen molar-refractivity contribution in [2.75, 3.05) is 5.32 Å². The first-order valence-electron chi connectivity index (χ1n) is 8.55. The zero-order valence-electron chi connectivity index (χ0n) is 14.9. The molecule has 0 unspecified atom stereocenters. The van der Waals surface area contributed by atoms with Gasteiger partial charge >= 0.3 is 0 Å². The second kappa shape index (κ2) is 6.92. The number of rotatable bonds is 4. The highest BCUT2D eigenvalue weighted by atomic mass is 32.1.